The van der Waals surface area contributed by atoms with E-state index in [1.54, 1.807) is 29.2 Å². The molecular weight excluding hydrogens is 378 g/mol. The fourth-order valence-corrected chi connectivity index (χ4v) is 4.59. The van der Waals surface area contributed by atoms with Crippen LogP contribution in [0.2, 0.25) is 5.02 Å². The summed E-state index contributed by atoms with van der Waals surface area (Å²) in [6, 6.07) is 5.53. The van der Waals surface area contributed by atoms with Crippen LogP contribution in [-0.4, -0.2) is 61.2 Å². The molecule has 6 heterocycles. The third kappa shape index (κ3) is 2.61. The van der Waals surface area contributed by atoms with Gasteiger partial charge < -0.3 is 19.2 Å². The van der Waals surface area contributed by atoms with Crippen LogP contribution in [0.15, 0.2) is 36.9 Å². The average Bonchev–Trinajstić information content (AvgIpc) is 3.32. The molecule has 0 aliphatic carbocycles. The highest BCUT2D eigenvalue weighted by Crippen LogP contribution is 2.31. The van der Waals surface area contributed by atoms with Gasteiger partial charge in [0.15, 0.2) is 5.69 Å². The van der Waals surface area contributed by atoms with Gasteiger partial charge in [-0.1, -0.05) is 11.6 Å². The van der Waals surface area contributed by atoms with Gasteiger partial charge in [0, 0.05) is 37.6 Å². The molecule has 3 aromatic rings. The smallest absolute Gasteiger partial charge is 0.275 e. The fraction of sp³-hybridized carbons (Fsp3) is 0.350. The zero-order chi connectivity index (χ0) is 19.4. The summed E-state index contributed by atoms with van der Waals surface area (Å²) in [5.41, 5.74) is 2.76. The summed E-state index contributed by atoms with van der Waals surface area (Å²) in [4.78, 5) is 37.3. The second-order valence-corrected chi connectivity index (χ2v) is 8.01. The number of carbonyl (C=O) groups excluding carboxylic acids is 2. The molecule has 3 aliphatic rings. The summed E-state index contributed by atoms with van der Waals surface area (Å²) in [5, 5.41) is 0.592. The third-order valence-electron chi connectivity index (χ3n) is 5.92. The van der Waals surface area contributed by atoms with Crippen LogP contribution in [0.25, 0.3) is 5.52 Å². The summed E-state index contributed by atoms with van der Waals surface area (Å²) in [6.45, 7) is 3.03. The molecule has 3 fully saturated rings. The molecule has 7 nitrogen and oxygen atoms in total. The summed E-state index contributed by atoms with van der Waals surface area (Å²) in [6.07, 6.45) is 6.96. The Labute approximate surface area is 166 Å². The number of carbonyl (C=O) groups is 2. The van der Waals surface area contributed by atoms with Gasteiger partial charge in [0.05, 0.1) is 10.5 Å². The van der Waals surface area contributed by atoms with Gasteiger partial charge in [0.1, 0.15) is 12.0 Å². The Kier molecular flexibility index (Phi) is 3.94. The number of hydrogen-bond donors (Lipinski definition) is 1. The molecule has 0 aromatic carbocycles. The first kappa shape index (κ1) is 17.3. The molecule has 1 N–H and O–H groups in total. The van der Waals surface area contributed by atoms with Crippen LogP contribution < -0.4 is 0 Å². The predicted octanol–water partition coefficient (Wildman–Crippen LogP) is 2.75. The largest absolute Gasteiger partial charge is 0.357 e. The molecule has 144 valence electrons. The number of piperazine rings is 1. The van der Waals surface area contributed by atoms with Gasteiger partial charge in [-0.05, 0) is 43.5 Å². The van der Waals surface area contributed by atoms with Gasteiger partial charge >= 0.3 is 0 Å². The Morgan fingerprint density at radius 3 is 2.46 bits per heavy atom. The van der Waals surface area contributed by atoms with E-state index in [1.807, 2.05) is 28.9 Å². The number of aromatic nitrogens is 3. The van der Waals surface area contributed by atoms with Crippen LogP contribution in [0, 0.1) is 6.92 Å². The summed E-state index contributed by atoms with van der Waals surface area (Å²) in [7, 11) is 0. The number of H-pyrrole nitrogens is 1. The molecule has 6 rings (SSSR count). The van der Waals surface area contributed by atoms with E-state index in [1.165, 1.54) is 0 Å². The van der Waals surface area contributed by atoms with Crippen LogP contribution in [0.1, 0.15) is 39.4 Å². The summed E-state index contributed by atoms with van der Waals surface area (Å²) < 4.78 is 1.77. The van der Waals surface area contributed by atoms with Crippen molar-refractivity contribution in [3.63, 3.8) is 0 Å². The van der Waals surface area contributed by atoms with Gasteiger partial charge in [-0.2, -0.15) is 0 Å². The lowest BCUT2D eigenvalue weighted by Crippen LogP contribution is -2.65. The standard InChI is InChI=1S/C20H20ClN5O2/c1-12-6-7-22-17(12)19(27)25-9-15-4-3-14(25)10-26(15)20(28)18-16-5-2-13(21)8-24(16)11-23-18/h2,5-8,11,14-15,22H,3-4,9-10H2,1H3. The van der Waals surface area contributed by atoms with Crippen molar-refractivity contribution >= 4 is 28.9 Å². The lowest BCUT2D eigenvalue weighted by atomic mass is 9.90. The minimum atomic E-state index is -0.0809. The van der Waals surface area contributed by atoms with E-state index in [0.29, 0.717) is 29.5 Å². The number of imidazole rings is 1. The van der Waals surface area contributed by atoms with Crippen molar-refractivity contribution < 1.29 is 9.59 Å². The highest BCUT2D eigenvalue weighted by atomic mass is 35.5. The Hall–Kier alpha value is -2.80. The Balaban J connectivity index is 1.39. The number of rotatable bonds is 2. The molecule has 8 heteroatoms. The zero-order valence-electron chi connectivity index (χ0n) is 15.4. The Bertz CT molecular complexity index is 1090. The molecule has 3 saturated heterocycles. The second kappa shape index (κ2) is 6.38. The SMILES string of the molecule is Cc1cc[nH]c1C(=O)N1CC2CCC1CN2C(=O)c1ncn2cc(Cl)ccc12. The number of aryl methyl sites for hydroxylation is 1. The predicted molar refractivity (Wildman–Crippen MR) is 105 cm³/mol. The Morgan fingerprint density at radius 1 is 1.11 bits per heavy atom. The van der Waals surface area contributed by atoms with Crippen LogP contribution in [0.4, 0.5) is 0 Å². The second-order valence-electron chi connectivity index (χ2n) is 7.57. The number of fused-ring (bicyclic) bond motifs is 4. The van der Waals surface area contributed by atoms with Gasteiger partial charge in [-0.25, -0.2) is 4.98 Å². The van der Waals surface area contributed by atoms with Crippen molar-refractivity contribution in [3.05, 3.63) is 58.9 Å². The number of nitrogens with zero attached hydrogens (tertiary/aromatic N) is 4. The lowest BCUT2D eigenvalue weighted by molar-refractivity contribution is -0.00649. The molecule has 0 radical (unpaired) electrons. The van der Waals surface area contributed by atoms with Gasteiger partial charge in [0.25, 0.3) is 11.8 Å². The van der Waals surface area contributed by atoms with Crippen LogP contribution >= 0.6 is 11.6 Å². The van der Waals surface area contributed by atoms with Crippen molar-refractivity contribution in [1.29, 1.82) is 0 Å². The van der Waals surface area contributed by atoms with E-state index < -0.39 is 0 Å². The normalized spacial score (nSPS) is 21.5. The monoisotopic (exact) mass is 397 g/mol. The maximum atomic E-state index is 13.2. The maximum absolute atomic E-state index is 13.2. The number of amides is 2. The van der Waals surface area contributed by atoms with Gasteiger partial charge in [0.2, 0.25) is 0 Å². The first-order valence-corrected chi connectivity index (χ1v) is 9.79. The van der Waals surface area contributed by atoms with Crippen LogP contribution in [-0.2, 0) is 0 Å². The van der Waals surface area contributed by atoms with Crippen molar-refractivity contribution in [3.8, 4) is 0 Å². The first-order valence-electron chi connectivity index (χ1n) is 9.41. The minimum absolute atomic E-state index is 0.0146. The quantitative estimate of drug-likeness (QED) is 0.722. The zero-order valence-corrected chi connectivity index (χ0v) is 16.2. The van der Waals surface area contributed by atoms with Gasteiger partial charge in [-0.3, -0.25) is 9.59 Å². The molecule has 0 saturated carbocycles. The van der Waals surface area contributed by atoms with E-state index in [4.69, 9.17) is 11.6 Å². The van der Waals surface area contributed by atoms with Crippen molar-refractivity contribution in [2.24, 2.45) is 0 Å². The van der Waals surface area contributed by atoms with E-state index >= 15 is 0 Å². The van der Waals surface area contributed by atoms with E-state index in [-0.39, 0.29) is 23.9 Å². The number of pyridine rings is 1. The molecule has 3 aromatic heterocycles. The third-order valence-corrected chi connectivity index (χ3v) is 6.14. The summed E-state index contributed by atoms with van der Waals surface area (Å²) >= 11 is 6.02. The fourth-order valence-electron chi connectivity index (χ4n) is 4.42. The molecule has 28 heavy (non-hydrogen) atoms. The van der Waals surface area contributed by atoms with Crippen LogP contribution in [0.3, 0.4) is 0 Å². The Morgan fingerprint density at radius 2 is 1.82 bits per heavy atom. The number of piperidine rings is 2. The highest BCUT2D eigenvalue weighted by molar-refractivity contribution is 6.30. The topological polar surface area (TPSA) is 73.7 Å². The van der Waals surface area contributed by atoms with Crippen molar-refractivity contribution in [1.82, 2.24) is 24.2 Å². The number of aromatic amines is 1. The van der Waals surface area contributed by atoms with Gasteiger partial charge in [-0.15, -0.1) is 0 Å². The number of nitrogens with one attached hydrogen (secondary N) is 1. The number of halogens is 1. The highest BCUT2D eigenvalue weighted by Gasteiger charge is 2.44. The van der Waals surface area contributed by atoms with Crippen molar-refractivity contribution in [2.45, 2.75) is 31.8 Å². The van der Waals surface area contributed by atoms with E-state index in [0.717, 1.165) is 23.9 Å². The van der Waals surface area contributed by atoms with E-state index in [2.05, 4.69) is 9.97 Å². The minimum Gasteiger partial charge on any atom is -0.357 e. The first-order chi connectivity index (χ1) is 13.5. The summed E-state index contributed by atoms with van der Waals surface area (Å²) in [5.74, 6) is -0.0611. The molecule has 2 bridgehead atoms. The molecular formula is C20H20ClN5O2. The molecule has 2 unspecified atom stereocenters. The molecule has 0 spiro atoms. The average molecular weight is 398 g/mol. The van der Waals surface area contributed by atoms with E-state index in [9.17, 15) is 9.59 Å². The molecule has 2 atom stereocenters. The van der Waals surface area contributed by atoms with Crippen LogP contribution in [0.5, 0.6) is 0 Å². The maximum Gasteiger partial charge on any atom is 0.275 e. The molecule has 3 aliphatic heterocycles. The number of hydrogen-bond acceptors (Lipinski definition) is 3. The molecule has 2 amide bonds. The lowest BCUT2D eigenvalue weighted by Gasteiger charge is -2.51. The van der Waals surface area contributed by atoms with Crippen molar-refractivity contribution in [2.75, 3.05) is 13.1 Å².